The van der Waals surface area contributed by atoms with Crippen LogP contribution in [0.1, 0.15) is 19.4 Å². The molecule has 118 valence electrons. The lowest BCUT2D eigenvalue weighted by molar-refractivity contribution is -0.117. The molecular formula is C14H18N4O2S2. The smallest absolute Gasteiger partial charge is 0.339 e. The van der Waals surface area contributed by atoms with Gasteiger partial charge in [0.2, 0.25) is 0 Å². The average molecular weight is 338 g/mol. The first-order valence-corrected chi connectivity index (χ1v) is 7.90. The highest BCUT2D eigenvalue weighted by molar-refractivity contribution is 8.24. The van der Waals surface area contributed by atoms with Crippen LogP contribution in [-0.2, 0) is 0 Å². The molecule has 0 aliphatic carbocycles. The van der Waals surface area contributed by atoms with Gasteiger partial charge in [0, 0.05) is 7.05 Å². The Morgan fingerprint density at radius 3 is 2.73 bits per heavy atom. The first-order valence-electron chi connectivity index (χ1n) is 6.68. The van der Waals surface area contributed by atoms with Crippen LogP contribution >= 0.6 is 24.0 Å². The molecule has 1 saturated heterocycles. The Morgan fingerprint density at radius 1 is 1.50 bits per heavy atom. The number of amides is 2. The van der Waals surface area contributed by atoms with Crippen molar-refractivity contribution in [2.24, 2.45) is 5.10 Å². The molecule has 0 aromatic heterocycles. The van der Waals surface area contributed by atoms with E-state index in [2.05, 4.69) is 10.4 Å². The molecule has 1 aromatic rings. The topological polar surface area (TPSA) is 68.2 Å². The molecule has 0 radical (unpaired) electrons. The van der Waals surface area contributed by atoms with E-state index in [1.165, 1.54) is 23.8 Å². The minimum atomic E-state index is -0.690. The summed E-state index contributed by atoms with van der Waals surface area (Å²) in [5.41, 5.74) is 0.906. The van der Waals surface area contributed by atoms with Crippen molar-refractivity contribution < 1.29 is 10.0 Å². The molecular weight excluding hydrogens is 320 g/mol. The lowest BCUT2D eigenvalue weighted by Crippen LogP contribution is -2.55. The molecule has 0 saturated carbocycles. The molecule has 0 spiro atoms. The van der Waals surface area contributed by atoms with Crippen LogP contribution in [0, 0.1) is 0 Å². The molecule has 1 atom stereocenters. The third kappa shape index (κ3) is 3.40. The number of thioether (sulfide) groups is 1. The molecule has 22 heavy (non-hydrogen) atoms. The normalized spacial score (nSPS) is 20.5. The van der Waals surface area contributed by atoms with Gasteiger partial charge in [-0.2, -0.15) is 10.2 Å². The Labute approximate surface area is 139 Å². The van der Waals surface area contributed by atoms with Crippen molar-refractivity contribution in [3.8, 4) is 0 Å². The summed E-state index contributed by atoms with van der Waals surface area (Å²) >= 11 is 6.72. The Morgan fingerprint density at radius 2 is 2.14 bits per heavy atom. The molecule has 1 aliphatic rings. The zero-order valence-corrected chi connectivity index (χ0v) is 14.2. The summed E-state index contributed by atoms with van der Waals surface area (Å²) in [7, 11) is 1.45. The van der Waals surface area contributed by atoms with E-state index in [0.29, 0.717) is 9.38 Å². The molecule has 0 bridgehead atoms. The Bertz CT molecular complexity index is 592. The van der Waals surface area contributed by atoms with Crippen molar-refractivity contribution >= 4 is 40.5 Å². The van der Waals surface area contributed by atoms with Crippen LogP contribution in [0.15, 0.2) is 35.4 Å². The van der Waals surface area contributed by atoms with Crippen LogP contribution in [0.3, 0.4) is 0 Å². The Hall–Kier alpha value is -1.64. The second kappa shape index (κ2) is 6.64. The number of urea groups is 1. The minimum Gasteiger partial charge on any atom is -0.339 e. The zero-order chi connectivity index (χ0) is 16.3. The maximum Gasteiger partial charge on any atom is 0.343 e. The van der Waals surface area contributed by atoms with Crippen LogP contribution in [0.4, 0.5) is 4.79 Å². The van der Waals surface area contributed by atoms with Gasteiger partial charge in [-0.05, 0) is 19.4 Å². The molecule has 1 aromatic carbocycles. The highest BCUT2D eigenvalue weighted by Crippen LogP contribution is 2.42. The lowest BCUT2D eigenvalue weighted by Gasteiger charge is -2.33. The van der Waals surface area contributed by atoms with Gasteiger partial charge in [0.1, 0.15) is 0 Å². The van der Waals surface area contributed by atoms with E-state index < -0.39 is 16.9 Å². The maximum atomic E-state index is 11.7. The predicted molar refractivity (Wildman–Crippen MR) is 92.0 cm³/mol. The standard InChI is InChI=1S/C14H18N4O2S2/c1-14(2)11(18(20)12(19)15-3)17(13(21)22-14)16-9-10-7-5-4-6-8-10/h4-9,11,20H,1-3H3,(H,15,19). The van der Waals surface area contributed by atoms with E-state index in [1.54, 1.807) is 6.21 Å². The number of hydrogen-bond acceptors (Lipinski definition) is 5. The van der Waals surface area contributed by atoms with Crippen molar-refractivity contribution in [3.63, 3.8) is 0 Å². The number of hydrazone groups is 1. The summed E-state index contributed by atoms with van der Waals surface area (Å²) in [6.45, 7) is 3.80. The van der Waals surface area contributed by atoms with E-state index in [1.807, 2.05) is 44.2 Å². The highest BCUT2D eigenvalue weighted by Gasteiger charge is 2.49. The first kappa shape index (κ1) is 16.7. The molecule has 2 N–H and O–H groups in total. The van der Waals surface area contributed by atoms with Gasteiger partial charge in [-0.1, -0.05) is 54.3 Å². The number of rotatable bonds is 3. The van der Waals surface area contributed by atoms with E-state index >= 15 is 0 Å². The number of benzene rings is 1. The van der Waals surface area contributed by atoms with Crippen molar-refractivity contribution in [3.05, 3.63) is 35.9 Å². The average Bonchev–Trinajstić information content (AvgIpc) is 2.73. The molecule has 2 amide bonds. The van der Waals surface area contributed by atoms with E-state index in [4.69, 9.17) is 12.2 Å². The van der Waals surface area contributed by atoms with Gasteiger partial charge >= 0.3 is 6.03 Å². The molecule has 1 fully saturated rings. The Kier molecular flexibility index (Phi) is 5.05. The summed E-state index contributed by atoms with van der Waals surface area (Å²) < 4.78 is 0.0111. The van der Waals surface area contributed by atoms with Crippen molar-refractivity contribution in [2.45, 2.75) is 24.8 Å². The number of nitrogens with one attached hydrogen (secondary N) is 1. The van der Waals surface area contributed by atoms with E-state index in [9.17, 15) is 10.0 Å². The summed E-state index contributed by atoms with van der Waals surface area (Å²) in [5.74, 6) is 0. The molecule has 1 unspecified atom stereocenters. The van der Waals surface area contributed by atoms with Crippen LogP contribution in [0.5, 0.6) is 0 Å². The number of thiocarbonyl (C=S) groups is 1. The van der Waals surface area contributed by atoms with Gasteiger partial charge in [-0.15, -0.1) is 0 Å². The number of carbonyl (C=O) groups is 1. The van der Waals surface area contributed by atoms with Gasteiger partial charge in [0.15, 0.2) is 10.5 Å². The summed E-state index contributed by atoms with van der Waals surface area (Å²) in [6, 6.07) is 8.94. The second-order valence-corrected chi connectivity index (χ2v) is 7.53. The third-order valence-electron chi connectivity index (χ3n) is 3.18. The molecule has 1 heterocycles. The van der Waals surface area contributed by atoms with Gasteiger partial charge in [-0.25, -0.2) is 9.80 Å². The summed E-state index contributed by atoms with van der Waals surface area (Å²) in [4.78, 5) is 11.7. The fourth-order valence-corrected chi connectivity index (χ4v) is 3.91. The zero-order valence-electron chi connectivity index (χ0n) is 12.6. The Balaban J connectivity index is 2.28. The number of hydroxylamine groups is 2. The van der Waals surface area contributed by atoms with Gasteiger partial charge in [0.05, 0.1) is 11.0 Å². The van der Waals surface area contributed by atoms with E-state index in [-0.39, 0.29) is 0 Å². The monoisotopic (exact) mass is 338 g/mol. The van der Waals surface area contributed by atoms with Crippen molar-refractivity contribution in [2.75, 3.05) is 7.05 Å². The van der Waals surface area contributed by atoms with Gasteiger partial charge in [0.25, 0.3) is 0 Å². The number of hydrogen-bond donors (Lipinski definition) is 2. The molecule has 6 nitrogen and oxygen atoms in total. The van der Waals surface area contributed by atoms with Crippen LogP contribution in [0.25, 0.3) is 0 Å². The largest absolute Gasteiger partial charge is 0.343 e. The highest BCUT2D eigenvalue weighted by atomic mass is 32.2. The van der Waals surface area contributed by atoms with Crippen LogP contribution in [-0.4, -0.2) is 49.8 Å². The molecule has 8 heteroatoms. The predicted octanol–water partition coefficient (Wildman–Crippen LogP) is 2.49. The lowest BCUT2D eigenvalue weighted by atomic mass is 10.1. The fourth-order valence-electron chi connectivity index (χ4n) is 2.12. The van der Waals surface area contributed by atoms with Crippen LogP contribution < -0.4 is 5.32 Å². The third-order valence-corrected chi connectivity index (χ3v) is 4.71. The van der Waals surface area contributed by atoms with Crippen LogP contribution in [0.2, 0.25) is 0 Å². The SMILES string of the molecule is CNC(=O)N(O)C1N(N=Cc2ccccc2)C(=S)SC1(C)C. The summed E-state index contributed by atoms with van der Waals surface area (Å²) in [6.07, 6.45) is 0.962. The summed E-state index contributed by atoms with van der Waals surface area (Å²) in [5, 5.41) is 19.0. The molecule has 2 rings (SSSR count). The second-order valence-electron chi connectivity index (χ2n) is 5.24. The number of nitrogens with zero attached hydrogens (tertiary/aromatic N) is 3. The van der Waals surface area contributed by atoms with Gasteiger partial charge < -0.3 is 5.32 Å². The fraction of sp³-hybridized carbons (Fsp3) is 0.357. The van der Waals surface area contributed by atoms with Crippen molar-refractivity contribution in [1.29, 1.82) is 0 Å². The maximum absolute atomic E-state index is 11.7. The first-order chi connectivity index (χ1) is 10.4. The quantitative estimate of drug-likeness (QED) is 0.384. The van der Waals surface area contributed by atoms with Gasteiger partial charge in [-0.3, -0.25) is 5.21 Å². The van der Waals surface area contributed by atoms with E-state index in [0.717, 1.165) is 5.56 Å². The number of carbonyl (C=O) groups excluding carboxylic acids is 1. The van der Waals surface area contributed by atoms with Crippen molar-refractivity contribution in [1.82, 2.24) is 15.4 Å². The molecule has 1 aliphatic heterocycles. The minimum absolute atomic E-state index is 0.494.